The molecule has 0 bridgehead atoms. The number of nitrogens with zero attached hydrogens (tertiary/aromatic N) is 2. The van der Waals surface area contributed by atoms with Crippen molar-refractivity contribution in [2.75, 3.05) is 0 Å². The second-order valence-corrected chi connectivity index (χ2v) is 11.1. The molecule has 2 heterocycles. The van der Waals surface area contributed by atoms with Crippen molar-refractivity contribution in [3.63, 3.8) is 0 Å². The van der Waals surface area contributed by atoms with E-state index in [-0.39, 0.29) is 29.4 Å². The lowest BCUT2D eigenvalue weighted by atomic mass is 10.1. The van der Waals surface area contributed by atoms with Crippen LogP contribution in [0.25, 0.3) is 10.2 Å². The normalized spacial score (nSPS) is 17.7. The van der Waals surface area contributed by atoms with Gasteiger partial charge in [-0.05, 0) is 62.8 Å². The van der Waals surface area contributed by atoms with E-state index in [1.54, 1.807) is 12.1 Å². The fraction of sp³-hybridized carbons (Fsp3) is 0.458. The second-order valence-electron chi connectivity index (χ2n) is 8.80. The molecule has 5 rings (SSSR count). The fourth-order valence-corrected chi connectivity index (χ4v) is 6.62. The number of hydrogen-bond acceptors (Lipinski definition) is 5. The zero-order valence-corrected chi connectivity index (χ0v) is 19.8. The summed E-state index contributed by atoms with van der Waals surface area (Å²) in [5.74, 6) is -0.456. The van der Waals surface area contributed by atoms with Crippen molar-refractivity contribution in [1.82, 2.24) is 14.9 Å². The average Bonchev–Trinajstić information content (AvgIpc) is 3.31. The van der Waals surface area contributed by atoms with Crippen molar-refractivity contribution < 1.29 is 9.18 Å². The maximum atomic E-state index is 13.7. The number of amides is 1. The number of aromatic nitrogens is 2. The van der Waals surface area contributed by atoms with Crippen molar-refractivity contribution in [1.29, 1.82) is 0 Å². The third-order valence-corrected chi connectivity index (χ3v) is 8.77. The van der Waals surface area contributed by atoms with Crippen LogP contribution in [0.4, 0.5) is 4.39 Å². The molecule has 32 heavy (non-hydrogen) atoms. The monoisotopic (exact) mass is 471 g/mol. The standard InChI is InChI=1S/C24H26FN3O2S2/c1-13-14(2)31-22-19(13)23(30)28(18-5-3-4-6-18)24(27-22)32-20(21(29)26-17-11-12-17)15-7-9-16(25)10-8-15/h7-10,17-18,20H,3-6,11-12H2,1-2H3,(H,26,29). The van der Waals surface area contributed by atoms with Gasteiger partial charge in [-0.1, -0.05) is 36.7 Å². The molecule has 0 radical (unpaired) electrons. The smallest absolute Gasteiger partial charge is 0.263 e. The van der Waals surface area contributed by atoms with Gasteiger partial charge in [0.2, 0.25) is 5.91 Å². The predicted molar refractivity (Wildman–Crippen MR) is 127 cm³/mol. The lowest BCUT2D eigenvalue weighted by Gasteiger charge is -2.22. The first-order valence-corrected chi connectivity index (χ1v) is 12.9. The number of halogens is 1. The molecule has 5 nitrogen and oxygen atoms in total. The first-order chi connectivity index (χ1) is 15.4. The Kier molecular flexibility index (Phi) is 5.84. The molecule has 1 N–H and O–H groups in total. The van der Waals surface area contributed by atoms with Gasteiger partial charge >= 0.3 is 0 Å². The van der Waals surface area contributed by atoms with Crippen molar-refractivity contribution in [3.05, 3.63) is 56.4 Å². The average molecular weight is 472 g/mol. The van der Waals surface area contributed by atoms with Crippen LogP contribution in [0, 0.1) is 19.7 Å². The third kappa shape index (κ3) is 4.10. The minimum atomic E-state index is -0.602. The van der Waals surface area contributed by atoms with Gasteiger partial charge in [0.15, 0.2) is 5.16 Å². The number of hydrogen-bond donors (Lipinski definition) is 1. The van der Waals surface area contributed by atoms with Gasteiger partial charge in [0.05, 0.1) is 5.39 Å². The molecule has 3 aromatic rings. The highest BCUT2D eigenvalue weighted by atomic mass is 32.2. The van der Waals surface area contributed by atoms with Crippen LogP contribution in [-0.2, 0) is 4.79 Å². The van der Waals surface area contributed by atoms with Crippen molar-refractivity contribution >= 4 is 39.2 Å². The summed E-state index contributed by atoms with van der Waals surface area (Å²) < 4.78 is 15.4. The number of carbonyl (C=O) groups excluding carboxylic acids is 1. The van der Waals surface area contributed by atoms with Crippen molar-refractivity contribution in [3.8, 4) is 0 Å². The van der Waals surface area contributed by atoms with Crippen LogP contribution in [0.15, 0.2) is 34.2 Å². The lowest BCUT2D eigenvalue weighted by Crippen LogP contribution is -2.31. The zero-order valence-electron chi connectivity index (χ0n) is 18.2. The fourth-order valence-electron chi connectivity index (χ4n) is 4.38. The molecule has 0 aliphatic heterocycles. The number of carbonyl (C=O) groups is 1. The Hall–Kier alpha value is -2.19. The van der Waals surface area contributed by atoms with Gasteiger partial charge < -0.3 is 5.32 Å². The molecule has 0 saturated heterocycles. The minimum absolute atomic E-state index is 0.00768. The van der Waals surface area contributed by atoms with Gasteiger partial charge in [0.25, 0.3) is 5.56 Å². The van der Waals surface area contributed by atoms with Crippen LogP contribution in [0.2, 0.25) is 0 Å². The molecule has 2 aromatic heterocycles. The summed E-state index contributed by atoms with van der Waals surface area (Å²) in [6.07, 6.45) is 6.03. The molecule has 2 fully saturated rings. The first kappa shape index (κ1) is 21.6. The van der Waals surface area contributed by atoms with Gasteiger partial charge in [0.1, 0.15) is 15.9 Å². The molecule has 168 valence electrons. The lowest BCUT2D eigenvalue weighted by molar-refractivity contribution is -0.120. The van der Waals surface area contributed by atoms with Crippen LogP contribution >= 0.6 is 23.1 Å². The highest BCUT2D eigenvalue weighted by molar-refractivity contribution is 8.00. The highest BCUT2D eigenvalue weighted by Crippen LogP contribution is 2.40. The van der Waals surface area contributed by atoms with E-state index < -0.39 is 5.25 Å². The molecular formula is C24H26FN3O2S2. The summed E-state index contributed by atoms with van der Waals surface area (Å²) in [7, 11) is 0. The highest BCUT2D eigenvalue weighted by Gasteiger charge is 2.32. The van der Waals surface area contributed by atoms with Gasteiger partial charge in [-0.2, -0.15) is 0 Å². The number of benzene rings is 1. The SMILES string of the molecule is Cc1sc2nc(SC(C(=O)NC3CC3)c3ccc(F)cc3)n(C3CCCC3)c(=O)c2c1C. The molecule has 0 spiro atoms. The molecule has 2 saturated carbocycles. The Morgan fingerprint density at radius 3 is 2.53 bits per heavy atom. The van der Waals surface area contributed by atoms with Gasteiger partial charge in [-0.15, -0.1) is 11.3 Å². The quantitative estimate of drug-likeness (QED) is 0.384. The second kappa shape index (κ2) is 8.63. The number of rotatable bonds is 6. The maximum Gasteiger partial charge on any atom is 0.263 e. The summed E-state index contributed by atoms with van der Waals surface area (Å²) in [5.41, 5.74) is 1.69. The van der Waals surface area contributed by atoms with Crippen molar-refractivity contribution in [2.24, 2.45) is 0 Å². The van der Waals surface area contributed by atoms with Crippen LogP contribution < -0.4 is 10.9 Å². The molecule has 1 unspecified atom stereocenters. The molecule has 1 amide bonds. The van der Waals surface area contributed by atoms with E-state index in [1.165, 1.54) is 35.2 Å². The summed E-state index contributed by atoms with van der Waals surface area (Å²) in [4.78, 5) is 33.6. The molecule has 8 heteroatoms. The maximum absolute atomic E-state index is 13.7. The molecule has 1 aromatic carbocycles. The van der Waals surface area contributed by atoms with Gasteiger partial charge in [0, 0.05) is 17.0 Å². The molecule has 2 aliphatic carbocycles. The number of thiophene rings is 1. The molecular weight excluding hydrogens is 445 g/mol. The minimum Gasteiger partial charge on any atom is -0.352 e. The molecule has 1 atom stereocenters. The first-order valence-electron chi connectivity index (χ1n) is 11.2. The van der Waals surface area contributed by atoms with E-state index >= 15 is 0 Å². The van der Waals surface area contributed by atoms with Crippen LogP contribution in [-0.4, -0.2) is 21.5 Å². The summed E-state index contributed by atoms with van der Waals surface area (Å²) >= 11 is 2.83. The topological polar surface area (TPSA) is 64.0 Å². The van der Waals surface area contributed by atoms with E-state index in [2.05, 4.69) is 5.32 Å². The van der Waals surface area contributed by atoms with E-state index in [9.17, 15) is 14.0 Å². The van der Waals surface area contributed by atoms with E-state index in [4.69, 9.17) is 4.98 Å². The summed E-state index contributed by atoms with van der Waals surface area (Å²) in [6, 6.07) is 6.35. The summed E-state index contributed by atoms with van der Waals surface area (Å²) in [6.45, 7) is 3.99. The van der Waals surface area contributed by atoms with Gasteiger partial charge in [-0.25, -0.2) is 9.37 Å². The van der Waals surface area contributed by atoms with Crippen molar-refractivity contribution in [2.45, 2.75) is 74.9 Å². The molecule has 2 aliphatic rings. The largest absolute Gasteiger partial charge is 0.352 e. The number of fused-ring (bicyclic) bond motifs is 1. The van der Waals surface area contributed by atoms with E-state index in [1.807, 2.05) is 18.4 Å². The Labute approximate surface area is 194 Å². The van der Waals surface area contributed by atoms with E-state index in [0.29, 0.717) is 16.1 Å². The zero-order chi connectivity index (χ0) is 22.4. The van der Waals surface area contributed by atoms with E-state index in [0.717, 1.165) is 53.8 Å². The number of aryl methyl sites for hydroxylation is 2. The number of nitrogens with one attached hydrogen (secondary N) is 1. The van der Waals surface area contributed by atoms with Crippen LogP contribution in [0.3, 0.4) is 0 Å². The van der Waals surface area contributed by atoms with Gasteiger partial charge in [-0.3, -0.25) is 14.2 Å². The third-order valence-electron chi connectivity index (χ3n) is 6.45. The van der Waals surface area contributed by atoms with Crippen LogP contribution in [0.5, 0.6) is 0 Å². The number of thioether (sulfide) groups is 1. The summed E-state index contributed by atoms with van der Waals surface area (Å²) in [5, 5.41) is 3.75. The Balaban J connectivity index is 1.62. The van der Waals surface area contributed by atoms with Crippen LogP contribution in [0.1, 0.15) is 65.8 Å². The Morgan fingerprint density at radius 2 is 1.88 bits per heavy atom. The predicted octanol–water partition coefficient (Wildman–Crippen LogP) is 5.44. The Morgan fingerprint density at radius 1 is 1.19 bits per heavy atom. The Bertz CT molecular complexity index is 1220.